The highest BCUT2D eigenvalue weighted by molar-refractivity contribution is 6.01. The third kappa shape index (κ3) is 3.14. The Hall–Kier alpha value is -1.06. The molecule has 2 fully saturated rings. The van der Waals surface area contributed by atoms with Gasteiger partial charge in [-0.25, -0.2) is 0 Å². The van der Waals surface area contributed by atoms with Crippen molar-refractivity contribution in [1.29, 1.82) is 0 Å². The second kappa shape index (κ2) is 7.23. The number of esters is 2. The van der Waals surface area contributed by atoms with E-state index in [2.05, 4.69) is 26.7 Å². The van der Waals surface area contributed by atoms with Crippen molar-refractivity contribution in [2.24, 2.45) is 16.7 Å². The fraction of sp³-hybridized carbons (Fsp3) is 0.632. The smallest absolute Gasteiger partial charge is 0.323 e. The Bertz CT molecular complexity index is 417. The molecule has 0 amide bonds. The quantitative estimate of drug-likeness (QED) is 0.556. The van der Waals surface area contributed by atoms with E-state index in [1.165, 1.54) is 0 Å². The molecule has 0 aromatic rings. The molecule has 2 aliphatic rings. The summed E-state index contributed by atoms with van der Waals surface area (Å²) in [7, 11) is 0. The highest BCUT2D eigenvalue weighted by Crippen LogP contribution is 2.58. The van der Waals surface area contributed by atoms with Crippen molar-refractivity contribution < 1.29 is 19.1 Å². The number of ether oxygens (including phenoxy) is 2. The second-order valence-corrected chi connectivity index (χ2v) is 6.75. The lowest BCUT2D eigenvalue weighted by Gasteiger charge is -2.44. The van der Waals surface area contributed by atoms with E-state index < -0.39 is 17.4 Å². The summed E-state index contributed by atoms with van der Waals surface area (Å²) in [6, 6.07) is 0. The van der Waals surface area contributed by atoms with E-state index in [1.54, 1.807) is 13.8 Å². The molecule has 0 heterocycles. The summed E-state index contributed by atoms with van der Waals surface area (Å²) in [6.07, 6.45) is 10.2. The Morgan fingerprint density at radius 3 is 2.13 bits per heavy atom. The van der Waals surface area contributed by atoms with Crippen LogP contribution in [0.2, 0.25) is 0 Å². The van der Waals surface area contributed by atoms with E-state index >= 15 is 0 Å². The van der Waals surface area contributed by atoms with E-state index in [0.717, 1.165) is 18.8 Å². The highest BCUT2D eigenvalue weighted by atomic mass is 16.6. The molecule has 0 aliphatic heterocycles. The van der Waals surface area contributed by atoms with Gasteiger partial charge in [0.25, 0.3) is 0 Å². The van der Waals surface area contributed by atoms with E-state index in [-0.39, 0.29) is 24.5 Å². The molecule has 2 aliphatic carbocycles. The van der Waals surface area contributed by atoms with E-state index in [1.807, 2.05) is 12.8 Å². The van der Waals surface area contributed by atoms with Crippen LogP contribution in [-0.4, -0.2) is 25.2 Å². The average Bonchev–Trinajstić information content (AvgIpc) is 3.18. The molecule has 0 bridgehead atoms. The van der Waals surface area contributed by atoms with Crippen LogP contribution in [-0.2, 0) is 19.1 Å². The lowest BCUT2D eigenvalue weighted by Crippen LogP contribution is -2.50. The van der Waals surface area contributed by atoms with Crippen LogP contribution in [0.1, 0.15) is 47.0 Å². The summed E-state index contributed by atoms with van der Waals surface area (Å²) < 4.78 is 10.6. The Morgan fingerprint density at radius 1 is 1.13 bits per heavy atom. The summed E-state index contributed by atoms with van der Waals surface area (Å²) in [5, 5.41) is 0. The van der Waals surface area contributed by atoms with Crippen LogP contribution in [0.3, 0.4) is 0 Å². The summed E-state index contributed by atoms with van der Waals surface area (Å²) in [4.78, 5) is 25.6. The van der Waals surface area contributed by atoms with Crippen LogP contribution >= 0.6 is 0 Å². The molecular formula is C19H27O4. The Balaban J connectivity index is 2.38. The summed E-state index contributed by atoms with van der Waals surface area (Å²) >= 11 is 0. The normalized spacial score (nSPS) is 24.6. The minimum atomic E-state index is -1.19. The molecule has 0 N–H and O–H groups in total. The third-order valence-electron chi connectivity index (χ3n) is 5.22. The van der Waals surface area contributed by atoms with Gasteiger partial charge in [-0.2, -0.15) is 0 Å². The lowest BCUT2D eigenvalue weighted by atomic mass is 9.59. The molecule has 1 atom stereocenters. The van der Waals surface area contributed by atoms with Crippen LogP contribution in [0.15, 0.2) is 0 Å². The lowest BCUT2D eigenvalue weighted by molar-refractivity contribution is -0.178. The number of hydrogen-bond donors (Lipinski definition) is 0. The number of rotatable bonds is 6. The Kier molecular flexibility index (Phi) is 5.74. The van der Waals surface area contributed by atoms with Crippen molar-refractivity contribution in [1.82, 2.24) is 0 Å². The van der Waals surface area contributed by atoms with E-state index in [0.29, 0.717) is 6.42 Å². The second-order valence-electron chi connectivity index (χ2n) is 6.75. The number of carbonyl (C=O) groups is 2. The SMILES string of the molecule is CCOC(=O)C1(C(=O)OCC)CCCC1C(C)(C)[C]1[CH][CH][CH][CH]1. The van der Waals surface area contributed by atoms with Crippen molar-refractivity contribution >= 4 is 11.9 Å². The van der Waals surface area contributed by atoms with Crippen molar-refractivity contribution in [3.8, 4) is 0 Å². The maximum atomic E-state index is 12.8. The molecule has 1 unspecified atom stereocenters. The number of carbonyl (C=O) groups excluding carboxylic acids is 2. The first kappa shape index (κ1) is 18.3. The maximum absolute atomic E-state index is 12.8. The maximum Gasteiger partial charge on any atom is 0.323 e. The van der Waals surface area contributed by atoms with Gasteiger partial charge in [0.15, 0.2) is 5.41 Å². The zero-order valence-corrected chi connectivity index (χ0v) is 14.6. The molecule has 2 saturated carbocycles. The van der Waals surface area contributed by atoms with Gasteiger partial charge in [-0.3, -0.25) is 9.59 Å². The topological polar surface area (TPSA) is 52.6 Å². The van der Waals surface area contributed by atoms with Gasteiger partial charge in [-0.1, -0.05) is 20.3 Å². The molecule has 23 heavy (non-hydrogen) atoms. The van der Waals surface area contributed by atoms with Gasteiger partial charge in [-0.15, -0.1) is 0 Å². The van der Waals surface area contributed by atoms with Gasteiger partial charge >= 0.3 is 11.9 Å². The van der Waals surface area contributed by atoms with Crippen LogP contribution < -0.4 is 0 Å². The minimum absolute atomic E-state index is 0.129. The monoisotopic (exact) mass is 319 g/mol. The first-order valence-electron chi connectivity index (χ1n) is 8.47. The van der Waals surface area contributed by atoms with E-state index in [9.17, 15) is 9.59 Å². The van der Waals surface area contributed by atoms with Gasteiger partial charge in [0.05, 0.1) is 13.2 Å². The first-order chi connectivity index (χ1) is 10.9. The van der Waals surface area contributed by atoms with Gasteiger partial charge in [0, 0.05) is 0 Å². The van der Waals surface area contributed by atoms with Crippen LogP contribution in [0.5, 0.6) is 0 Å². The fourth-order valence-electron chi connectivity index (χ4n) is 4.08. The zero-order valence-electron chi connectivity index (χ0n) is 14.6. The molecule has 2 rings (SSSR count). The molecular weight excluding hydrogens is 292 g/mol. The Labute approximate surface area is 140 Å². The predicted molar refractivity (Wildman–Crippen MR) is 87.3 cm³/mol. The molecule has 5 radical (unpaired) electrons. The molecule has 0 saturated heterocycles. The van der Waals surface area contributed by atoms with E-state index in [4.69, 9.17) is 9.47 Å². The average molecular weight is 319 g/mol. The van der Waals surface area contributed by atoms with Crippen molar-refractivity contribution in [3.05, 3.63) is 31.6 Å². The highest BCUT2D eigenvalue weighted by Gasteiger charge is 2.62. The summed E-state index contributed by atoms with van der Waals surface area (Å²) in [6.45, 7) is 8.27. The minimum Gasteiger partial charge on any atom is -0.465 e. The van der Waals surface area contributed by atoms with Crippen LogP contribution in [0, 0.1) is 48.3 Å². The molecule has 4 nitrogen and oxygen atoms in total. The van der Waals surface area contributed by atoms with Crippen molar-refractivity contribution in [3.63, 3.8) is 0 Å². The zero-order chi connectivity index (χ0) is 17.1. The van der Waals surface area contributed by atoms with Crippen LogP contribution in [0.4, 0.5) is 0 Å². The largest absolute Gasteiger partial charge is 0.465 e. The molecule has 4 heteroatoms. The van der Waals surface area contributed by atoms with Gasteiger partial charge < -0.3 is 9.47 Å². The van der Waals surface area contributed by atoms with Crippen LogP contribution in [0.25, 0.3) is 0 Å². The molecule has 0 aromatic carbocycles. The fourth-order valence-corrected chi connectivity index (χ4v) is 4.08. The molecule has 0 aromatic heterocycles. The number of hydrogen-bond acceptors (Lipinski definition) is 4. The summed E-state index contributed by atoms with van der Waals surface area (Å²) in [5.41, 5.74) is -1.49. The third-order valence-corrected chi connectivity index (χ3v) is 5.22. The van der Waals surface area contributed by atoms with Gasteiger partial charge in [0.2, 0.25) is 0 Å². The standard InChI is InChI=1S/C19H27O4/c1-5-22-16(20)19(17(21)23-6-2)13-9-12-15(19)18(3,4)14-10-7-8-11-14/h7-8,10-11,15H,5-6,9,12-13H2,1-4H3. The summed E-state index contributed by atoms with van der Waals surface area (Å²) in [5.74, 6) is 0.152. The Morgan fingerprint density at radius 2 is 1.65 bits per heavy atom. The molecule has 127 valence electrons. The predicted octanol–water partition coefficient (Wildman–Crippen LogP) is 3.33. The van der Waals surface area contributed by atoms with Crippen molar-refractivity contribution in [2.75, 3.05) is 13.2 Å². The van der Waals surface area contributed by atoms with Crippen molar-refractivity contribution in [2.45, 2.75) is 47.0 Å². The van der Waals surface area contributed by atoms with Gasteiger partial charge in [-0.05, 0) is 69.6 Å². The molecule has 0 spiro atoms. The van der Waals surface area contributed by atoms with Gasteiger partial charge in [0.1, 0.15) is 0 Å². The first-order valence-corrected chi connectivity index (χ1v) is 8.47.